The number of nitrogens with zero attached hydrogens (tertiary/aromatic N) is 4. The lowest BCUT2D eigenvalue weighted by Crippen LogP contribution is -2.52. The van der Waals surface area contributed by atoms with Crippen LogP contribution in [0.4, 0.5) is 5.69 Å². The van der Waals surface area contributed by atoms with E-state index in [1.165, 1.54) is 18.2 Å². The highest BCUT2D eigenvalue weighted by atomic mass is 127. The number of anilines is 1. The van der Waals surface area contributed by atoms with Crippen LogP contribution in [0.2, 0.25) is 10.0 Å². The lowest BCUT2D eigenvalue weighted by atomic mass is 9.86. The smallest absolute Gasteiger partial charge is 0.328 e. The second kappa shape index (κ2) is 10.0. The number of rotatable bonds is 6. The van der Waals surface area contributed by atoms with E-state index in [0.29, 0.717) is 5.82 Å². The van der Waals surface area contributed by atoms with Crippen LogP contribution in [0.1, 0.15) is 26.5 Å². The number of hydrogen-bond acceptors (Lipinski definition) is 5. The quantitative estimate of drug-likeness (QED) is 0.240. The average molecular weight is 673 g/mol. The summed E-state index contributed by atoms with van der Waals surface area (Å²) in [5.41, 5.74) is 0.766. The molecule has 4 rings (SSSR count). The summed E-state index contributed by atoms with van der Waals surface area (Å²) in [6, 6.07) is 11.2. The molecule has 2 aromatic heterocycles. The summed E-state index contributed by atoms with van der Waals surface area (Å²) in [5, 5.41) is 19.6. The number of hydrogen-bond donors (Lipinski definition) is 1. The van der Waals surface area contributed by atoms with Crippen LogP contribution >= 0.6 is 45.8 Å². The molecular formula is C25H23Cl2IN4O4S. The Morgan fingerprint density at radius 1 is 1.05 bits per heavy atom. The first-order valence-corrected chi connectivity index (χ1v) is 14.3. The first kappa shape index (κ1) is 27.6. The molecule has 0 amide bonds. The van der Waals surface area contributed by atoms with E-state index in [0.717, 1.165) is 24.5 Å². The summed E-state index contributed by atoms with van der Waals surface area (Å²) < 4.78 is 31.7. The molecule has 2 aromatic carbocycles. The normalized spacial score (nSPS) is 13.1. The number of sulfonamides is 1. The van der Waals surface area contributed by atoms with Gasteiger partial charge < -0.3 is 5.11 Å². The number of halogens is 3. The molecule has 0 aliphatic rings. The van der Waals surface area contributed by atoms with Gasteiger partial charge in [0.25, 0.3) is 10.0 Å². The number of fused-ring (bicyclic) bond motifs is 1. The van der Waals surface area contributed by atoms with Gasteiger partial charge in [0.2, 0.25) is 0 Å². The molecule has 0 aliphatic carbocycles. The van der Waals surface area contributed by atoms with Crippen LogP contribution in [-0.4, -0.2) is 40.3 Å². The topological polar surface area (TPSA) is 105 Å². The van der Waals surface area contributed by atoms with Gasteiger partial charge >= 0.3 is 5.97 Å². The van der Waals surface area contributed by atoms with Crippen molar-refractivity contribution in [1.82, 2.24) is 14.8 Å². The van der Waals surface area contributed by atoms with E-state index in [-0.39, 0.29) is 20.6 Å². The molecule has 0 radical (unpaired) electrons. The number of aromatic nitrogens is 3. The summed E-state index contributed by atoms with van der Waals surface area (Å²) in [7, 11) is -4.41. The highest BCUT2D eigenvalue weighted by Crippen LogP contribution is 2.38. The first-order chi connectivity index (χ1) is 17.2. The van der Waals surface area contributed by atoms with E-state index in [9.17, 15) is 18.3 Å². The summed E-state index contributed by atoms with van der Waals surface area (Å²) >= 11 is 14.4. The Hall–Kier alpha value is -2.41. The van der Waals surface area contributed by atoms with E-state index >= 15 is 0 Å². The molecule has 4 aromatic rings. The third kappa shape index (κ3) is 5.43. The van der Waals surface area contributed by atoms with E-state index in [1.54, 1.807) is 39.0 Å². The minimum atomic E-state index is -4.41. The summed E-state index contributed by atoms with van der Waals surface area (Å²) in [6.07, 6.45) is 1.86. The number of carboxylic acids is 1. The number of benzene rings is 2. The highest BCUT2D eigenvalue weighted by Gasteiger charge is 2.43. The van der Waals surface area contributed by atoms with E-state index in [4.69, 9.17) is 23.2 Å². The molecule has 1 unspecified atom stereocenters. The predicted octanol–water partition coefficient (Wildman–Crippen LogP) is 6.33. The Morgan fingerprint density at radius 3 is 2.24 bits per heavy atom. The standard InChI is InChI=1S/C25H23Cl2IN4O4S/c1-14-5-8-22(30-29-14)31-13-20(28)19-12-17(6-7-21(19)31)32(23(24(33)34)25(2,3)4)37(35,36)18-10-15(26)9-16(27)11-18/h5-13,23H,1-4H3,(H,33,34). The Balaban J connectivity index is 1.97. The Bertz CT molecular complexity index is 1600. The van der Waals surface area contributed by atoms with Crippen molar-refractivity contribution in [3.05, 3.63) is 74.0 Å². The molecular weight excluding hydrogens is 650 g/mol. The second-order valence-electron chi connectivity index (χ2n) is 9.59. The van der Waals surface area contributed by atoms with Gasteiger partial charge in [0.15, 0.2) is 5.82 Å². The lowest BCUT2D eigenvalue weighted by molar-refractivity contribution is -0.140. The highest BCUT2D eigenvalue weighted by molar-refractivity contribution is 14.1. The fourth-order valence-corrected chi connectivity index (χ4v) is 7.28. The summed E-state index contributed by atoms with van der Waals surface area (Å²) in [4.78, 5) is 12.3. The fraction of sp³-hybridized carbons (Fsp3) is 0.240. The van der Waals surface area contributed by atoms with E-state index in [2.05, 4.69) is 32.8 Å². The van der Waals surface area contributed by atoms with Crippen molar-refractivity contribution in [3.63, 3.8) is 0 Å². The molecule has 0 spiro atoms. The van der Waals surface area contributed by atoms with Crippen LogP contribution < -0.4 is 4.31 Å². The molecule has 37 heavy (non-hydrogen) atoms. The lowest BCUT2D eigenvalue weighted by Gasteiger charge is -2.37. The third-order valence-corrected chi connectivity index (χ3v) is 8.77. The van der Waals surface area contributed by atoms with E-state index in [1.807, 2.05) is 29.8 Å². The van der Waals surface area contributed by atoms with Crippen molar-refractivity contribution in [1.29, 1.82) is 0 Å². The first-order valence-electron chi connectivity index (χ1n) is 11.0. The van der Waals surface area contributed by atoms with Gasteiger partial charge in [-0.1, -0.05) is 44.0 Å². The molecule has 0 fully saturated rings. The number of carboxylic acid groups (broad SMARTS) is 1. The van der Waals surface area contributed by atoms with Gasteiger partial charge in [-0.2, -0.15) is 5.10 Å². The van der Waals surface area contributed by atoms with Gasteiger partial charge in [-0.05, 0) is 83.5 Å². The van der Waals surface area contributed by atoms with Crippen LogP contribution in [0, 0.1) is 15.9 Å². The predicted molar refractivity (Wildman–Crippen MR) is 153 cm³/mol. The van der Waals surface area contributed by atoms with Crippen LogP contribution in [0.25, 0.3) is 16.7 Å². The maximum atomic E-state index is 14.0. The monoisotopic (exact) mass is 672 g/mol. The maximum absolute atomic E-state index is 14.0. The van der Waals surface area contributed by atoms with Crippen molar-refractivity contribution < 1.29 is 18.3 Å². The molecule has 0 saturated carbocycles. The molecule has 2 heterocycles. The SMILES string of the molecule is Cc1ccc(-n2cc(I)c3cc(N(C(C(=O)O)C(C)(C)C)S(=O)(=O)c4cc(Cl)cc(Cl)c4)ccc32)nn1. The van der Waals surface area contributed by atoms with Crippen LogP contribution in [0.5, 0.6) is 0 Å². The van der Waals surface area contributed by atoms with Crippen molar-refractivity contribution in [2.24, 2.45) is 5.41 Å². The maximum Gasteiger partial charge on any atom is 0.328 e. The fourth-order valence-electron chi connectivity index (χ4n) is 4.06. The molecule has 0 bridgehead atoms. The molecule has 0 aliphatic heterocycles. The van der Waals surface area contributed by atoms with Crippen LogP contribution in [0.15, 0.2) is 59.6 Å². The average Bonchev–Trinajstić information content (AvgIpc) is 3.11. The van der Waals surface area contributed by atoms with Gasteiger partial charge in [0.1, 0.15) is 6.04 Å². The van der Waals surface area contributed by atoms with Gasteiger partial charge in [0, 0.05) is 25.2 Å². The van der Waals surface area contributed by atoms with Gasteiger partial charge in [-0.15, -0.1) is 5.10 Å². The number of aryl methyl sites for hydroxylation is 1. The third-order valence-electron chi connectivity index (χ3n) is 5.71. The summed E-state index contributed by atoms with van der Waals surface area (Å²) in [5.74, 6) is -0.686. The zero-order chi connectivity index (χ0) is 27.3. The molecule has 0 saturated heterocycles. The van der Waals surface area contributed by atoms with Crippen molar-refractivity contribution in [2.45, 2.75) is 38.6 Å². The van der Waals surface area contributed by atoms with Gasteiger partial charge in [-0.25, -0.2) is 13.2 Å². The minimum absolute atomic E-state index is 0.120. The Morgan fingerprint density at radius 2 is 1.70 bits per heavy atom. The van der Waals surface area contributed by atoms with Gasteiger partial charge in [0.05, 0.1) is 21.8 Å². The van der Waals surface area contributed by atoms with Crippen molar-refractivity contribution in [3.8, 4) is 5.82 Å². The molecule has 194 valence electrons. The van der Waals surface area contributed by atoms with E-state index < -0.39 is 27.4 Å². The minimum Gasteiger partial charge on any atom is -0.480 e. The Kier molecular flexibility index (Phi) is 7.50. The second-order valence-corrected chi connectivity index (χ2v) is 13.4. The molecule has 8 nitrogen and oxygen atoms in total. The molecule has 1 N–H and O–H groups in total. The van der Waals surface area contributed by atoms with Crippen LogP contribution in [0.3, 0.4) is 0 Å². The van der Waals surface area contributed by atoms with Crippen molar-refractivity contribution in [2.75, 3.05) is 4.31 Å². The largest absolute Gasteiger partial charge is 0.480 e. The zero-order valence-electron chi connectivity index (χ0n) is 20.3. The zero-order valence-corrected chi connectivity index (χ0v) is 24.8. The number of carbonyl (C=O) groups is 1. The molecule has 12 heteroatoms. The molecule has 1 atom stereocenters. The van der Waals surface area contributed by atoms with Gasteiger partial charge in [-0.3, -0.25) is 8.87 Å². The summed E-state index contributed by atoms with van der Waals surface area (Å²) in [6.45, 7) is 6.87. The van der Waals surface area contributed by atoms with Crippen molar-refractivity contribution >= 4 is 78.4 Å². The van der Waals surface area contributed by atoms with Crippen LogP contribution in [-0.2, 0) is 14.8 Å². The number of aliphatic carboxylic acids is 1. The Labute approximate surface area is 238 Å².